The lowest BCUT2D eigenvalue weighted by Gasteiger charge is -2.13. The summed E-state index contributed by atoms with van der Waals surface area (Å²) in [6.45, 7) is 1.77. The highest BCUT2D eigenvalue weighted by atomic mass is 32.2. The molecule has 1 amide bonds. The highest BCUT2D eigenvalue weighted by molar-refractivity contribution is 7.99. The Morgan fingerprint density at radius 2 is 1.62 bits per heavy atom. The van der Waals surface area contributed by atoms with Crippen LogP contribution >= 0.6 is 11.8 Å². The molecule has 24 heavy (non-hydrogen) atoms. The predicted molar refractivity (Wildman–Crippen MR) is 96.1 cm³/mol. The van der Waals surface area contributed by atoms with Gasteiger partial charge in [0.15, 0.2) is 5.82 Å². The van der Waals surface area contributed by atoms with E-state index in [1.165, 1.54) is 11.8 Å². The first-order valence-electron chi connectivity index (χ1n) is 7.37. The van der Waals surface area contributed by atoms with Crippen molar-refractivity contribution >= 4 is 29.2 Å². The molecule has 0 saturated carbocycles. The number of nitrogens with zero attached hydrogens (tertiary/aromatic N) is 2. The molecule has 6 heteroatoms. The molecule has 120 valence electrons. The number of aromatic nitrogens is 2. The van der Waals surface area contributed by atoms with E-state index in [1.807, 2.05) is 48.5 Å². The Morgan fingerprint density at radius 1 is 1.00 bits per heavy atom. The molecule has 1 aromatic heterocycles. The zero-order valence-corrected chi connectivity index (χ0v) is 13.9. The molecular formula is C18H16N4OS. The van der Waals surface area contributed by atoms with Gasteiger partial charge < -0.3 is 11.1 Å². The van der Waals surface area contributed by atoms with Gasteiger partial charge in [0.1, 0.15) is 16.5 Å². The van der Waals surface area contributed by atoms with E-state index in [0.29, 0.717) is 22.1 Å². The maximum Gasteiger partial charge on any atom is 0.255 e. The van der Waals surface area contributed by atoms with E-state index in [2.05, 4.69) is 15.3 Å². The SMILES string of the molecule is Cc1nc(N)c(NC(=O)c2ccccc2)c(Sc2ccccc2)n1. The molecule has 0 radical (unpaired) electrons. The number of carbonyl (C=O) groups excluding carboxylic acids is 1. The Labute approximate surface area is 144 Å². The molecule has 0 fully saturated rings. The summed E-state index contributed by atoms with van der Waals surface area (Å²) in [5, 5.41) is 3.45. The third-order valence-electron chi connectivity index (χ3n) is 3.25. The van der Waals surface area contributed by atoms with Crippen molar-refractivity contribution in [1.82, 2.24) is 9.97 Å². The van der Waals surface area contributed by atoms with Crippen LogP contribution in [0, 0.1) is 6.92 Å². The molecule has 1 heterocycles. The van der Waals surface area contributed by atoms with Crippen molar-refractivity contribution in [3.05, 3.63) is 72.1 Å². The van der Waals surface area contributed by atoms with Crippen LogP contribution in [0.5, 0.6) is 0 Å². The number of anilines is 2. The largest absolute Gasteiger partial charge is 0.382 e. The number of rotatable bonds is 4. The van der Waals surface area contributed by atoms with E-state index in [-0.39, 0.29) is 11.7 Å². The molecule has 0 atom stereocenters. The van der Waals surface area contributed by atoms with E-state index in [9.17, 15) is 4.79 Å². The molecule has 3 rings (SSSR count). The quantitative estimate of drug-likeness (QED) is 0.709. The molecule has 0 aliphatic heterocycles. The number of benzene rings is 2. The van der Waals surface area contributed by atoms with Crippen LogP contribution in [0.1, 0.15) is 16.2 Å². The van der Waals surface area contributed by atoms with Crippen molar-refractivity contribution in [2.75, 3.05) is 11.1 Å². The van der Waals surface area contributed by atoms with Gasteiger partial charge in [-0.25, -0.2) is 9.97 Å². The van der Waals surface area contributed by atoms with Gasteiger partial charge in [0.05, 0.1) is 0 Å². The summed E-state index contributed by atoms with van der Waals surface area (Å²) in [5.41, 5.74) is 7.01. The van der Waals surface area contributed by atoms with Crippen LogP contribution in [0.3, 0.4) is 0 Å². The molecule has 0 aliphatic carbocycles. The molecule has 2 aromatic carbocycles. The van der Waals surface area contributed by atoms with E-state index in [0.717, 1.165) is 4.90 Å². The molecule has 0 saturated heterocycles. The predicted octanol–water partition coefficient (Wildman–Crippen LogP) is 3.77. The number of nitrogen functional groups attached to an aromatic ring is 1. The summed E-state index contributed by atoms with van der Waals surface area (Å²) < 4.78 is 0. The fourth-order valence-corrected chi connectivity index (χ4v) is 3.09. The molecular weight excluding hydrogens is 320 g/mol. The fourth-order valence-electron chi connectivity index (χ4n) is 2.13. The number of aryl methyl sites for hydroxylation is 1. The number of hydrogen-bond donors (Lipinski definition) is 2. The summed E-state index contributed by atoms with van der Waals surface area (Å²) in [7, 11) is 0. The molecule has 5 nitrogen and oxygen atoms in total. The smallest absolute Gasteiger partial charge is 0.255 e. The Balaban J connectivity index is 1.93. The maximum absolute atomic E-state index is 12.4. The van der Waals surface area contributed by atoms with E-state index < -0.39 is 0 Å². The second kappa shape index (κ2) is 7.14. The summed E-state index contributed by atoms with van der Waals surface area (Å²) in [6, 6.07) is 18.7. The second-order valence-corrected chi connectivity index (χ2v) is 6.13. The number of nitrogens with one attached hydrogen (secondary N) is 1. The monoisotopic (exact) mass is 336 g/mol. The Bertz CT molecular complexity index is 854. The van der Waals surface area contributed by atoms with Gasteiger partial charge in [0, 0.05) is 10.5 Å². The summed E-state index contributed by atoms with van der Waals surface area (Å²) in [4.78, 5) is 22.0. The third kappa shape index (κ3) is 3.72. The normalized spacial score (nSPS) is 10.4. The molecule has 0 bridgehead atoms. The molecule has 3 aromatic rings. The summed E-state index contributed by atoms with van der Waals surface area (Å²) >= 11 is 1.43. The third-order valence-corrected chi connectivity index (χ3v) is 4.24. The number of hydrogen-bond acceptors (Lipinski definition) is 5. The Kier molecular flexibility index (Phi) is 4.77. The first-order chi connectivity index (χ1) is 11.6. The van der Waals surface area contributed by atoms with Crippen LogP contribution in [-0.4, -0.2) is 15.9 Å². The van der Waals surface area contributed by atoms with Gasteiger partial charge in [-0.3, -0.25) is 4.79 Å². The van der Waals surface area contributed by atoms with Crippen molar-refractivity contribution in [3.8, 4) is 0 Å². The first kappa shape index (κ1) is 16.0. The van der Waals surface area contributed by atoms with Crippen molar-refractivity contribution in [1.29, 1.82) is 0 Å². The van der Waals surface area contributed by atoms with Gasteiger partial charge in [-0.2, -0.15) is 0 Å². The van der Waals surface area contributed by atoms with Crippen LogP contribution in [0.4, 0.5) is 11.5 Å². The average molecular weight is 336 g/mol. The molecule has 0 aliphatic rings. The first-order valence-corrected chi connectivity index (χ1v) is 8.18. The zero-order valence-electron chi connectivity index (χ0n) is 13.1. The van der Waals surface area contributed by atoms with Crippen molar-refractivity contribution in [2.45, 2.75) is 16.8 Å². The van der Waals surface area contributed by atoms with Crippen molar-refractivity contribution in [2.24, 2.45) is 0 Å². The van der Waals surface area contributed by atoms with Gasteiger partial charge in [-0.05, 0) is 31.2 Å². The van der Waals surface area contributed by atoms with Crippen molar-refractivity contribution < 1.29 is 4.79 Å². The lowest BCUT2D eigenvalue weighted by atomic mass is 10.2. The minimum Gasteiger partial charge on any atom is -0.382 e. The number of amides is 1. The van der Waals surface area contributed by atoms with Gasteiger partial charge in [0.25, 0.3) is 5.91 Å². The minimum atomic E-state index is -0.246. The van der Waals surface area contributed by atoms with Crippen LogP contribution in [-0.2, 0) is 0 Å². The Morgan fingerprint density at radius 3 is 2.29 bits per heavy atom. The lowest BCUT2D eigenvalue weighted by molar-refractivity contribution is 0.102. The van der Waals surface area contributed by atoms with Crippen LogP contribution in [0.2, 0.25) is 0 Å². The van der Waals surface area contributed by atoms with Gasteiger partial charge >= 0.3 is 0 Å². The average Bonchev–Trinajstić information content (AvgIpc) is 2.59. The van der Waals surface area contributed by atoms with Gasteiger partial charge in [0.2, 0.25) is 0 Å². The topological polar surface area (TPSA) is 80.9 Å². The molecule has 0 spiro atoms. The molecule has 0 unspecified atom stereocenters. The van der Waals surface area contributed by atoms with Crippen molar-refractivity contribution in [3.63, 3.8) is 0 Å². The van der Waals surface area contributed by atoms with Gasteiger partial charge in [-0.15, -0.1) is 0 Å². The van der Waals surface area contributed by atoms with E-state index >= 15 is 0 Å². The summed E-state index contributed by atoms with van der Waals surface area (Å²) in [6.07, 6.45) is 0. The summed E-state index contributed by atoms with van der Waals surface area (Å²) in [5.74, 6) is 0.568. The number of nitrogens with two attached hydrogens (primary N) is 1. The fraction of sp³-hybridized carbons (Fsp3) is 0.0556. The maximum atomic E-state index is 12.4. The van der Waals surface area contributed by atoms with Gasteiger partial charge in [-0.1, -0.05) is 48.2 Å². The highest BCUT2D eigenvalue weighted by Crippen LogP contribution is 2.34. The Hall–Kier alpha value is -2.86. The van der Waals surface area contributed by atoms with Crippen LogP contribution in [0.25, 0.3) is 0 Å². The van der Waals surface area contributed by atoms with E-state index in [1.54, 1.807) is 19.1 Å². The van der Waals surface area contributed by atoms with Crippen LogP contribution in [0.15, 0.2) is 70.6 Å². The van der Waals surface area contributed by atoms with Crippen LogP contribution < -0.4 is 11.1 Å². The lowest BCUT2D eigenvalue weighted by Crippen LogP contribution is -2.15. The highest BCUT2D eigenvalue weighted by Gasteiger charge is 2.16. The second-order valence-electron chi connectivity index (χ2n) is 5.07. The zero-order chi connectivity index (χ0) is 16.9. The number of carbonyl (C=O) groups is 1. The molecule has 3 N–H and O–H groups in total. The minimum absolute atomic E-state index is 0.246. The van der Waals surface area contributed by atoms with E-state index in [4.69, 9.17) is 5.73 Å². The standard InChI is InChI=1S/C18H16N4OS/c1-12-20-16(19)15(22-17(23)13-8-4-2-5-9-13)18(21-12)24-14-10-6-3-7-11-14/h2-11H,1H3,(H,22,23)(H2,19,20,21).